The Hall–Kier alpha value is -15.6. The van der Waals surface area contributed by atoms with Gasteiger partial charge in [-0.15, -0.1) is 0 Å². The van der Waals surface area contributed by atoms with Crippen molar-refractivity contribution < 1.29 is 0 Å². The maximum atomic E-state index is 2.56. The fraction of sp³-hybridized carbons (Fsp3) is 0.206. The molecular formula is C136H124N8. The summed E-state index contributed by atoms with van der Waals surface area (Å²) in [6.07, 6.45) is 0. The van der Waals surface area contributed by atoms with E-state index in [0.29, 0.717) is 23.7 Å². The van der Waals surface area contributed by atoms with E-state index in [1.165, 1.54) is 197 Å². The molecule has 0 spiro atoms. The van der Waals surface area contributed by atoms with Gasteiger partial charge in [-0.05, 0) is 260 Å². The van der Waals surface area contributed by atoms with Gasteiger partial charge in [0.2, 0.25) is 0 Å². The van der Waals surface area contributed by atoms with Gasteiger partial charge >= 0.3 is 0 Å². The summed E-state index contributed by atoms with van der Waals surface area (Å²) in [7, 11) is 0. The highest BCUT2D eigenvalue weighted by Gasteiger charge is 2.31. The van der Waals surface area contributed by atoms with Crippen molar-refractivity contribution >= 4 is 221 Å². The largest absolute Gasteiger partial charge is 0.310 e. The number of nitrogens with zero attached hydrogens (tertiary/aromatic N) is 8. The summed E-state index contributed by atoms with van der Waals surface area (Å²) in [5.74, 6) is 1.85. The summed E-state index contributed by atoms with van der Waals surface area (Å²) < 4.78 is 10.2. The van der Waals surface area contributed by atoms with Gasteiger partial charge in [-0.25, -0.2) is 0 Å². The Labute approximate surface area is 844 Å². The van der Waals surface area contributed by atoms with Gasteiger partial charge < -0.3 is 37.2 Å². The van der Waals surface area contributed by atoms with E-state index in [-0.39, 0.29) is 21.7 Å². The van der Waals surface area contributed by atoms with Crippen LogP contribution in [-0.2, 0) is 21.7 Å². The molecule has 8 heterocycles. The molecule has 26 rings (SSSR count). The fourth-order valence-electron chi connectivity index (χ4n) is 23.7. The van der Waals surface area contributed by atoms with Gasteiger partial charge in [-0.1, -0.05) is 333 Å². The van der Waals surface area contributed by atoms with Gasteiger partial charge in [0.05, 0.1) is 66.2 Å². The van der Waals surface area contributed by atoms with Crippen molar-refractivity contribution in [2.24, 2.45) is 0 Å². The van der Waals surface area contributed by atoms with Gasteiger partial charge in [0.15, 0.2) is 0 Å². The lowest BCUT2D eigenvalue weighted by Gasteiger charge is -2.28. The van der Waals surface area contributed by atoms with E-state index in [0.717, 1.165) is 68.2 Å². The number of aromatic nitrogens is 4. The molecule has 0 amide bonds. The van der Waals surface area contributed by atoms with Gasteiger partial charge in [0.1, 0.15) is 0 Å². The molecule has 26 aromatic rings. The van der Waals surface area contributed by atoms with Crippen LogP contribution in [0, 0.1) is 0 Å². The molecule has 0 saturated heterocycles. The van der Waals surface area contributed by atoms with Crippen molar-refractivity contribution in [3.8, 4) is 0 Å². The Morgan fingerprint density at radius 3 is 0.458 bits per heavy atom. The number of fused-ring (bicyclic) bond motifs is 24. The first-order valence-corrected chi connectivity index (χ1v) is 51.9. The molecule has 0 aliphatic carbocycles. The molecule has 0 radical (unpaired) electrons. The van der Waals surface area contributed by atoms with Crippen molar-refractivity contribution in [3.63, 3.8) is 0 Å². The van der Waals surface area contributed by atoms with Gasteiger partial charge in [-0.2, -0.15) is 0 Å². The van der Waals surface area contributed by atoms with Gasteiger partial charge in [0, 0.05) is 154 Å². The maximum absolute atomic E-state index is 2.56. The van der Waals surface area contributed by atoms with Crippen molar-refractivity contribution in [2.45, 2.75) is 184 Å². The number of para-hydroxylation sites is 4. The summed E-state index contributed by atoms with van der Waals surface area (Å²) >= 11 is 0. The average molecular weight is 1870 g/mol. The van der Waals surface area contributed by atoms with E-state index in [1.54, 1.807) is 0 Å². The van der Waals surface area contributed by atoms with Crippen LogP contribution in [0.25, 0.3) is 152 Å². The molecule has 0 aliphatic rings. The quantitative estimate of drug-likeness (QED) is 0.0965. The van der Waals surface area contributed by atoms with Crippen molar-refractivity contribution in [1.29, 1.82) is 0 Å². The minimum Gasteiger partial charge on any atom is -0.310 e. The average Bonchev–Trinajstić information content (AvgIpc) is 1.52. The molecule has 0 saturated carbocycles. The topological polar surface area (TPSA) is 30.6 Å². The lowest BCUT2D eigenvalue weighted by molar-refractivity contribution is 0.590. The molecule has 18 aromatic carbocycles. The Morgan fingerprint density at radius 1 is 0.153 bits per heavy atom. The molecule has 144 heavy (non-hydrogen) atoms. The highest BCUT2D eigenvalue weighted by molar-refractivity contribution is 6.32. The second-order valence-electron chi connectivity index (χ2n) is 46.2. The molecule has 0 bridgehead atoms. The minimum absolute atomic E-state index is 0.0576. The van der Waals surface area contributed by atoms with Crippen molar-refractivity contribution in [3.05, 3.63) is 408 Å². The number of anilines is 12. The molecule has 0 fully saturated rings. The summed E-state index contributed by atoms with van der Waals surface area (Å²) in [5.41, 5.74) is 39.5. The molecule has 0 N–H and O–H groups in total. The number of hydrogen-bond acceptors (Lipinski definition) is 4. The van der Waals surface area contributed by atoms with Crippen LogP contribution in [0.2, 0.25) is 0 Å². The van der Waals surface area contributed by atoms with E-state index in [4.69, 9.17) is 0 Å². The van der Waals surface area contributed by atoms with E-state index < -0.39 is 0 Å². The summed E-state index contributed by atoms with van der Waals surface area (Å²) in [5, 5.41) is 20.4. The highest BCUT2D eigenvalue weighted by Crippen LogP contribution is 2.53. The summed E-state index contributed by atoms with van der Waals surface area (Å²) in [6, 6.07) is 139. The van der Waals surface area contributed by atoms with Crippen LogP contribution < -0.4 is 19.6 Å². The van der Waals surface area contributed by atoms with Crippen LogP contribution in [0.15, 0.2) is 364 Å². The number of rotatable bonds is 16. The maximum Gasteiger partial charge on any atom is 0.0620 e. The van der Waals surface area contributed by atoms with Crippen molar-refractivity contribution in [1.82, 2.24) is 17.6 Å². The van der Waals surface area contributed by atoms with Crippen LogP contribution in [0.3, 0.4) is 0 Å². The molecule has 8 nitrogen and oxygen atoms in total. The zero-order valence-electron chi connectivity index (χ0n) is 86.5. The number of benzene rings is 18. The highest BCUT2D eigenvalue weighted by atomic mass is 15.2. The first-order valence-electron chi connectivity index (χ1n) is 51.9. The Bertz CT molecular complexity index is 8720. The SMILES string of the molecule is CC(C)(C)c1ccc(N(c2ccc(C(C)(C)C)cc2)c2ccc3c4cccc5c6cc7c(cc6n(c3c2)c45)c2cccc3c4ccc(N(c5ccc(C(C)(C)C)cc5)c5ccc(C(C)(C)C)cc5)cc4n7c32)cc1.CC(C)c1ccc(N(c2ccc(C(C)C)cc2)c2ccc3c4cccc5c6cc7c(cc6n(c3c2)c45)c2cccc3c4ccc(N(c5ccc(C(C)C)cc5)c5ccc(C(C)C)cc5)cc4n7c32)cc1. The van der Waals surface area contributed by atoms with Crippen LogP contribution >= 0.6 is 0 Å². The molecule has 8 heteroatoms. The number of hydrogen-bond donors (Lipinski definition) is 0. The van der Waals surface area contributed by atoms with Crippen LogP contribution in [0.5, 0.6) is 0 Å². The molecular weight excluding hydrogens is 1750 g/mol. The first-order chi connectivity index (χ1) is 69.2. The zero-order valence-corrected chi connectivity index (χ0v) is 86.5. The molecule has 0 atom stereocenters. The summed E-state index contributed by atoms with van der Waals surface area (Å²) in [4.78, 5) is 9.71. The standard InChI is InChI=1S/C70H66N4.C66H58N4/c1-67(2,3)43-19-27-47(28-20-43)71(48-29-21-44(22-30-48)68(4,5)6)51-35-37-53-55-15-13-17-57-59-42-64-60(41-63(59)73(65(55)57)61(53)39-51)58-18-14-16-56-54-38-36-52(40-62(54)74(64)66(56)58)72(49-31-23-45(24-32-49)69(7,8)9)50-33-25-46(26-34-50)70(10,11)12;1-39(2)43-15-23-47(24-16-43)67(48-25-17-44(18-26-48)40(3)4)51-31-33-53-55-11-9-13-57-59-38-64-60(37-63(59)69(65(55)57)61(53)35-51)58-14-10-12-56-54-34-32-52(36-62(54)70(64)66(56)58)68(49-27-19-45(20-28-49)41(5)6)50-29-21-46(22-30-50)42(7)8/h13-42H,1-12H3;9-42H,1-8H3. The molecule has 8 aromatic heterocycles. The monoisotopic (exact) mass is 1870 g/mol. The fourth-order valence-corrected chi connectivity index (χ4v) is 23.7. The minimum atomic E-state index is 0.0576. The Kier molecular flexibility index (Phi) is 20.5. The zero-order chi connectivity index (χ0) is 99.1. The van der Waals surface area contributed by atoms with E-state index in [9.17, 15) is 0 Å². The van der Waals surface area contributed by atoms with Crippen LogP contribution in [-0.4, -0.2) is 17.6 Å². The van der Waals surface area contributed by atoms with Crippen LogP contribution in [0.1, 0.15) is 207 Å². The predicted octanol–water partition coefficient (Wildman–Crippen LogP) is 39.5. The third-order valence-corrected chi connectivity index (χ3v) is 31.7. The van der Waals surface area contributed by atoms with Gasteiger partial charge in [0.25, 0.3) is 0 Å². The van der Waals surface area contributed by atoms with Crippen LogP contribution in [0.4, 0.5) is 68.2 Å². The molecule has 0 unspecified atom stereocenters. The van der Waals surface area contributed by atoms with E-state index >= 15 is 0 Å². The molecule has 0 aliphatic heterocycles. The van der Waals surface area contributed by atoms with Gasteiger partial charge in [-0.3, -0.25) is 0 Å². The first kappa shape index (κ1) is 89.7. The van der Waals surface area contributed by atoms with E-state index in [2.05, 4.69) is 540 Å². The predicted molar refractivity (Wildman–Crippen MR) is 621 cm³/mol. The Morgan fingerprint density at radius 2 is 0.299 bits per heavy atom. The lowest BCUT2D eigenvalue weighted by atomic mass is 9.86. The smallest absolute Gasteiger partial charge is 0.0620 e. The van der Waals surface area contributed by atoms with E-state index in [1.807, 2.05) is 0 Å². The summed E-state index contributed by atoms with van der Waals surface area (Å²) in [6.45, 7) is 45.5. The van der Waals surface area contributed by atoms with Crippen molar-refractivity contribution in [2.75, 3.05) is 19.6 Å². The third-order valence-electron chi connectivity index (χ3n) is 31.7. The second kappa shape index (κ2) is 33.0. The third kappa shape index (κ3) is 14.3. The lowest BCUT2D eigenvalue weighted by Crippen LogP contribution is -2.14. The second-order valence-corrected chi connectivity index (χ2v) is 46.2. The normalized spacial score (nSPS) is 12.8. The molecule has 708 valence electrons. The Balaban J connectivity index is 0.000000151.